The average molecular weight is 395 g/mol. The van der Waals surface area contributed by atoms with Gasteiger partial charge >= 0.3 is 0 Å². The fourth-order valence-electron chi connectivity index (χ4n) is 4.11. The summed E-state index contributed by atoms with van der Waals surface area (Å²) in [6, 6.07) is 18.9. The summed E-state index contributed by atoms with van der Waals surface area (Å²) < 4.78 is 1.24. The predicted molar refractivity (Wildman–Crippen MR) is 114 cm³/mol. The molecule has 1 unspecified atom stereocenters. The van der Waals surface area contributed by atoms with E-state index in [0.717, 1.165) is 25.0 Å². The first-order chi connectivity index (χ1) is 13.7. The minimum Gasteiger partial charge on any atom is -0.334 e. The number of likely N-dealkylation sites (N-methyl/N-ethyl adjacent to an activating group) is 1. The molecule has 0 bridgehead atoms. The summed E-state index contributed by atoms with van der Waals surface area (Å²) in [6.45, 7) is 5.11. The van der Waals surface area contributed by atoms with Gasteiger partial charge in [0.15, 0.2) is 11.6 Å². The van der Waals surface area contributed by atoms with E-state index in [9.17, 15) is 4.79 Å². The van der Waals surface area contributed by atoms with Crippen LogP contribution in [0.3, 0.4) is 0 Å². The standard InChI is InChI=1S/C23H27N3OS/c1-2-25(16-18-10-4-3-5-11-18)22(27)17-26-15-9-8-13-20(26)23-24-19-12-6-7-14-21(19)28-23/h3-7,10-12,14,20H,2,8-9,13,15-17H2,1H3/p+1/t20-/m1/s1. The van der Waals surface area contributed by atoms with E-state index in [2.05, 4.69) is 37.3 Å². The van der Waals surface area contributed by atoms with E-state index < -0.39 is 0 Å². The van der Waals surface area contributed by atoms with Gasteiger partial charge in [-0.25, -0.2) is 4.98 Å². The average Bonchev–Trinajstić information content (AvgIpc) is 3.17. The van der Waals surface area contributed by atoms with E-state index >= 15 is 0 Å². The zero-order chi connectivity index (χ0) is 19.3. The molecule has 1 fully saturated rings. The van der Waals surface area contributed by atoms with Crippen LogP contribution in [0.2, 0.25) is 0 Å². The Morgan fingerprint density at radius 3 is 2.71 bits per heavy atom. The molecule has 1 aliphatic rings. The number of carbonyl (C=O) groups excluding carboxylic acids is 1. The second-order valence-electron chi connectivity index (χ2n) is 7.55. The zero-order valence-corrected chi connectivity index (χ0v) is 17.3. The first-order valence-electron chi connectivity index (χ1n) is 10.3. The first-order valence-corrected chi connectivity index (χ1v) is 11.1. The number of hydrogen-bond donors (Lipinski definition) is 1. The van der Waals surface area contributed by atoms with E-state index in [4.69, 9.17) is 4.98 Å². The second-order valence-corrected chi connectivity index (χ2v) is 8.61. The van der Waals surface area contributed by atoms with Gasteiger partial charge in [-0.2, -0.15) is 0 Å². The molecule has 1 amide bonds. The number of likely N-dealkylation sites (tertiary alicyclic amines) is 1. The molecule has 0 spiro atoms. The van der Waals surface area contributed by atoms with Gasteiger partial charge in [-0.05, 0) is 37.5 Å². The number of thiazole rings is 1. The van der Waals surface area contributed by atoms with Crippen molar-refractivity contribution in [2.45, 2.75) is 38.8 Å². The number of carbonyl (C=O) groups is 1. The van der Waals surface area contributed by atoms with E-state index in [1.165, 1.54) is 33.0 Å². The number of quaternary nitrogens is 1. The molecular weight excluding hydrogens is 366 g/mol. The quantitative estimate of drug-likeness (QED) is 0.695. The molecule has 28 heavy (non-hydrogen) atoms. The van der Waals surface area contributed by atoms with Crippen LogP contribution in [0.15, 0.2) is 54.6 Å². The number of benzene rings is 2. The molecule has 0 radical (unpaired) electrons. The number of rotatable bonds is 6. The molecule has 3 aromatic rings. The molecule has 1 N–H and O–H groups in total. The topological polar surface area (TPSA) is 37.6 Å². The molecular formula is C23H28N3OS+. The van der Waals surface area contributed by atoms with E-state index in [1.54, 1.807) is 11.3 Å². The summed E-state index contributed by atoms with van der Waals surface area (Å²) in [5, 5.41) is 1.19. The molecule has 1 aromatic heterocycles. The minimum atomic E-state index is 0.245. The van der Waals surface area contributed by atoms with Crippen LogP contribution in [-0.4, -0.2) is 35.4 Å². The van der Waals surface area contributed by atoms with Crippen molar-refractivity contribution in [3.63, 3.8) is 0 Å². The number of nitrogens with zero attached hydrogens (tertiary/aromatic N) is 2. The Morgan fingerprint density at radius 1 is 1.14 bits per heavy atom. The maximum atomic E-state index is 13.1. The van der Waals surface area contributed by atoms with Gasteiger partial charge in [0, 0.05) is 19.5 Å². The molecule has 0 saturated carbocycles. The van der Waals surface area contributed by atoms with Gasteiger partial charge in [-0.3, -0.25) is 4.79 Å². The lowest BCUT2D eigenvalue weighted by Gasteiger charge is -2.32. The van der Waals surface area contributed by atoms with Crippen LogP contribution in [-0.2, 0) is 11.3 Å². The Balaban J connectivity index is 1.48. The molecule has 146 valence electrons. The Labute approximate surface area is 170 Å². The fraction of sp³-hybridized carbons (Fsp3) is 0.391. The van der Waals surface area contributed by atoms with Crippen LogP contribution < -0.4 is 4.90 Å². The minimum absolute atomic E-state index is 0.245. The first kappa shape index (κ1) is 19.1. The molecule has 1 aliphatic heterocycles. The Morgan fingerprint density at radius 2 is 1.93 bits per heavy atom. The van der Waals surface area contributed by atoms with E-state index in [1.807, 2.05) is 29.2 Å². The fourth-order valence-corrected chi connectivity index (χ4v) is 5.27. The van der Waals surface area contributed by atoms with E-state index in [-0.39, 0.29) is 5.91 Å². The van der Waals surface area contributed by atoms with Crippen molar-refractivity contribution in [1.29, 1.82) is 0 Å². The molecule has 2 atom stereocenters. The molecule has 4 rings (SSSR count). The van der Waals surface area contributed by atoms with Crippen molar-refractivity contribution in [3.8, 4) is 0 Å². The van der Waals surface area contributed by atoms with Gasteiger partial charge < -0.3 is 9.80 Å². The highest BCUT2D eigenvalue weighted by molar-refractivity contribution is 7.18. The lowest BCUT2D eigenvalue weighted by Crippen LogP contribution is -3.14. The van der Waals surface area contributed by atoms with Crippen LogP contribution >= 0.6 is 11.3 Å². The van der Waals surface area contributed by atoms with Gasteiger partial charge in [0.25, 0.3) is 5.91 Å². The smallest absolute Gasteiger partial charge is 0.278 e. The van der Waals surface area contributed by atoms with Crippen LogP contribution in [0, 0.1) is 0 Å². The predicted octanol–water partition coefficient (Wildman–Crippen LogP) is 3.45. The number of fused-ring (bicyclic) bond motifs is 1. The Kier molecular flexibility index (Phi) is 6.03. The third kappa shape index (κ3) is 4.26. The van der Waals surface area contributed by atoms with Gasteiger partial charge in [0.2, 0.25) is 0 Å². The molecule has 2 heterocycles. The van der Waals surface area contributed by atoms with Gasteiger partial charge in [0.05, 0.1) is 16.8 Å². The Bertz CT molecular complexity index is 891. The molecule has 5 heteroatoms. The molecule has 1 saturated heterocycles. The highest BCUT2D eigenvalue weighted by Gasteiger charge is 2.32. The molecule has 2 aromatic carbocycles. The number of aromatic nitrogens is 1. The van der Waals surface area contributed by atoms with Gasteiger partial charge in [-0.15, -0.1) is 11.3 Å². The van der Waals surface area contributed by atoms with Crippen molar-refractivity contribution in [3.05, 3.63) is 65.2 Å². The third-order valence-corrected chi connectivity index (χ3v) is 6.82. The van der Waals surface area contributed by atoms with Crippen LogP contribution in [0.4, 0.5) is 0 Å². The summed E-state index contributed by atoms with van der Waals surface area (Å²) in [5.74, 6) is 0.245. The monoisotopic (exact) mass is 394 g/mol. The SMILES string of the molecule is CCN(Cc1ccccc1)C(=O)C[NH+]1CCCC[C@@H]1c1nc2ccccc2s1. The largest absolute Gasteiger partial charge is 0.334 e. The maximum absolute atomic E-state index is 13.1. The Hall–Kier alpha value is -2.24. The van der Waals surface area contributed by atoms with Crippen molar-refractivity contribution in [2.24, 2.45) is 0 Å². The lowest BCUT2D eigenvalue weighted by molar-refractivity contribution is -0.929. The lowest BCUT2D eigenvalue weighted by atomic mass is 10.0. The number of hydrogen-bond acceptors (Lipinski definition) is 3. The van der Waals surface area contributed by atoms with Crippen LogP contribution in [0.1, 0.15) is 42.8 Å². The van der Waals surface area contributed by atoms with Gasteiger partial charge in [-0.1, -0.05) is 42.5 Å². The van der Waals surface area contributed by atoms with Crippen LogP contribution in [0.5, 0.6) is 0 Å². The summed E-state index contributed by atoms with van der Waals surface area (Å²) in [7, 11) is 0. The van der Waals surface area contributed by atoms with Crippen molar-refractivity contribution < 1.29 is 9.69 Å². The zero-order valence-electron chi connectivity index (χ0n) is 16.4. The number of amides is 1. The van der Waals surface area contributed by atoms with Crippen molar-refractivity contribution in [2.75, 3.05) is 19.6 Å². The summed E-state index contributed by atoms with van der Waals surface area (Å²) in [5.41, 5.74) is 2.27. The van der Waals surface area contributed by atoms with Crippen LogP contribution in [0.25, 0.3) is 10.2 Å². The summed E-state index contributed by atoms with van der Waals surface area (Å²) >= 11 is 1.79. The number of nitrogens with one attached hydrogen (secondary N) is 1. The summed E-state index contributed by atoms with van der Waals surface area (Å²) in [4.78, 5) is 21.3. The molecule has 0 aliphatic carbocycles. The normalized spacial score (nSPS) is 19.6. The van der Waals surface area contributed by atoms with Crippen molar-refractivity contribution in [1.82, 2.24) is 9.88 Å². The van der Waals surface area contributed by atoms with Gasteiger partial charge in [0.1, 0.15) is 6.04 Å². The van der Waals surface area contributed by atoms with Crippen molar-refractivity contribution >= 4 is 27.5 Å². The highest BCUT2D eigenvalue weighted by atomic mass is 32.1. The number of piperidine rings is 1. The third-order valence-electron chi connectivity index (χ3n) is 5.67. The maximum Gasteiger partial charge on any atom is 0.278 e. The number of para-hydroxylation sites is 1. The second kappa shape index (κ2) is 8.84. The highest BCUT2D eigenvalue weighted by Crippen LogP contribution is 2.28. The summed E-state index contributed by atoms with van der Waals surface area (Å²) in [6.07, 6.45) is 3.53. The molecule has 4 nitrogen and oxygen atoms in total. The van der Waals surface area contributed by atoms with E-state index in [0.29, 0.717) is 19.1 Å².